The Kier molecular flexibility index (Phi) is 9.01. The van der Waals surface area contributed by atoms with Gasteiger partial charge in [0.15, 0.2) is 6.61 Å². The van der Waals surface area contributed by atoms with Crippen LogP contribution in [0.1, 0.15) is 18.1 Å². The number of nitrogens with zero attached hydrogens (tertiary/aromatic N) is 1. The Labute approximate surface area is 201 Å². The third-order valence-electron chi connectivity index (χ3n) is 5.10. The van der Waals surface area contributed by atoms with Gasteiger partial charge in [-0.3, -0.25) is 9.59 Å². The highest BCUT2D eigenvalue weighted by atomic mass is 79.9. The summed E-state index contributed by atoms with van der Waals surface area (Å²) >= 11 is 3.36. The minimum absolute atomic E-state index is 0.0517. The fourth-order valence-corrected chi connectivity index (χ4v) is 3.68. The molecule has 172 valence electrons. The molecular formula is C26H26BrFN2O3. The molecule has 7 heteroatoms. The van der Waals surface area contributed by atoms with Crippen LogP contribution in [0.2, 0.25) is 0 Å². The molecule has 0 spiro atoms. The molecule has 0 aromatic heterocycles. The van der Waals surface area contributed by atoms with Gasteiger partial charge in [-0.05, 0) is 42.8 Å². The van der Waals surface area contributed by atoms with Gasteiger partial charge in [0, 0.05) is 29.5 Å². The molecule has 2 amide bonds. The minimum atomic E-state index is -0.826. The number of likely N-dealkylation sites (N-methyl/N-ethyl adjacent to an activating group) is 1. The summed E-state index contributed by atoms with van der Waals surface area (Å²) in [6.45, 7) is 1.91. The predicted molar refractivity (Wildman–Crippen MR) is 129 cm³/mol. The molecule has 0 bridgehead atoms. The van der Waals surface area contributed by atoms with Gasteiger partial charge in [-0.25, -0.2) is 4.39 Å². The molecule has 0 radical (unpaired) electrons. The standard InChI is InChI=1S/C26H26BrFN2O3/c1-2-29-26(32)24(16-19-8-4-3-5-9-19)30(17-20-10-6-7-11-23(20)28)25(31)18-33-22-14-12-21(27)13-15-22/h3-15,24H,2,16-18H2,1H3,(H,29,32)/t24-/m1/s1. The number of carbonyl (C=O) groups is 2. The number of hydrogen-bond donors (Lipinski definition) is 1. The van der Waals surface area contributed by atoms with Crippen LogP contribution in [0.25, 0.3) is 0 Å². The van der Waals surface area contributed by atoms with Gasteiger partial charge in [-0.1, -0.05) is 64.5 Å². The quantitative estimate of drug-likeness (QED) is 0.426. The van der Waals surface area contributed by atoms with Crippen molar-refractivity contribution in [2.75, 3.05) is 13.2 Å². The minimum Gasteiger partial charge on any atom is -0.484 e. The van der Waals surface area contributed by atoms with E-state index in [0.29, 0.717) is 24.3 Å². The van der Waals surface area contributed by atoms with E-state index < -0.39 is 17.8 Å². The van der Waals surface area contributed by atoms with Crippen LogP contribution in [-0.2, 0) is 22.6 Å². The van der Waals surface area contributed by atoms with E-state index in [1.165, 1.54) is 11.0 Å². The molecule has 3 rings (SSSR count). The molecule has 0 aliphatic carbocycles. The summed E-state index contributed by atoms with van der Waals surface area (Å²) in [5, 5.41) is 2.81. The Bertz CT molecular complexity index is 1060. The van der Waals surface area contributed by atoms with Crippen LogP contribution in [0.5, 0.6) is 5.75 Å². The van der Waals surface area contributed by atoms with E-state index in [2.05, 4.69) is 21.2 Å². The van der Waals surface area contributed by atoms with Gasteiger partial charge in [0.25, 0.3) is 5.91 Å². The van der Waals surface area contributed by atoms with Crippen molar-refractivity contribution in [1.82, 2.24) is 10.2 Å². The first-order valence-electron chi connectivity index (χ1n) is 10.7. The number of halogens is 2. The lowest BCUT2D eigenvalue weighted by Crippen LogP contribution is -2.51. The van der Waals surface area contributed by atoms with E-state index in [1.807, 2.05) is 49.4 Å². The molecule has 3 aromatic carbocycles. The Morgan fingerprint density at radius 3 is 2.33 bits per heavy atom. The van der Waals surface area contributed by atoms with E-state index in [1.54, 1.807) is 30.3 Å². The summed E-state index contributed by atoms with van der Waals surface area (Å²) in [6, 6.07) is 22.0. The number of amides is 2. The molecule has 0 heterocycles. The van der Waals surface area contributed by atoms with Gasteiger partial charge in [0.2, 0.25) is 5.91 Å². The second kappa shape index (κ2) is 12.2. The summed E-state index contributed by atoms with van der Waals surface area (Å²) in [5.74, 6) is -0.614. The molecule has 1 N–H and O–H groups in total. The zero-order valence-electron chi connectivity index (χ0n) is 18.3. The molecule has 0 aliphatic heterocycles. The maximum atomic E-state index is 14.5. The van der Waals surface area contributed by atoms with Crippen LogP contribution in [-0.4, -0.2) is 35.9 Å². The van der Waals surface area contributed by atoms with E-state index in [0.717, 1.165) is 10.0 Å². The van der Waals surface area contributed by atoms with Crippen molar-refractivity contribution in [3.63, 3.8) is 0 Å². The lowest BCUT2D eigenvalue weighted by atomic mass is 10.0. The first-order chi connectivity index (χ1) is 16.0. The molecule has 1 atom stereocenters. The van der Waals surface area contributed by atoms with E-state index in [4.69, 9.17) is 4.74 Å². The van der Waals surface area contributed by atoms with Gasteiger partial charge in [-0.15, -0.1) is 0 Å². The van der Waals surface area contributed by atoms with E-state index >= 15 is 0 Å². The van der Waals surface area contributed by atoms with Crippen molar-refractivity contribution in [3.8, 4) is 5.75 Å². The highest BCUT2D eigenvalue weighted by molar-refractivity contribution is 9.10. The molecule has 5 nitrogen and oxygen atoms in total. The summed E-state index contributed by atoms with van der Waals surface area (Å²) in [4.78, 5) is 27.8. The fourth-order valence-electron chi connectivity index (χ4n) is 3.41. The van der Waals surface area contributed by atoms with Crippen LogP contribution in [0.3, 0.4) is 0 Å². The van der Waals surface area contributed by atoms with Gasteiger partial charge >= 0.3 is 0 Å². The first kappa shape index (κ1) is 24.5. The zero-order valence-corrected chi connectivity index (χ0v) is 19.9. The molecule has 0 saturated heterocycles. The van der Waals surface area contributed by atoms with Crippen LogP contribution >= 0.6 is 15.9 Å². The smallest absolute Gasteiger partial charge is 0.261 e. The van der Waals surface area contributed by atoms with E-state index in [-0.39, 0.29) is 19.1 Å². The highest BCUT2D eigenvalue weighted by Crippen LogP contribution is 2.19. The Balaban J connectivity index is 1.89. The summed E-state index contributed by atoms with van der Waals surface area (Å²) in [6.07, 6.45) is 0.297. The van der Waals surface area contributed by atoms with Gasteiger partial charge < -0.3 is 15.0 Å². The molecule has 0 saturated carbocycles. The topological polar surface area (TPSA) is 58.6 Å². The van der Waals surface area contributed by atoms with Crippen molar-refractivity contribution in [3.05, 3.63) is 100 Å². The number of benzene rings is 3. The molecule has 33 heavy (non-hydrogen) atoms. The first-order valence-corrected chi connectivity index (χ1v) is 11.5. The molecule has 3 aromatic rings. The third-order valence-corrected chi connectivity index (χ3v) is 5.63. The lowest BCUT2D eigenvalue weighted by Gasteiger charge is -2.31. The number of nitrogens with one attached hydrogen (secondary N) is 1. The monoisotopic (exact) mass is 512 g/mol. The second-order valence-corrected chi connectivity index (χ2v) is 8.37. The van der Waals surface area contributed by atoms with Crippen molar-refractivity contribution in [2.45, 2.75) is 25.9 Å². The summed E-state index contributed by atoms with van der Waals surface area (Å²) < 4.78 is 21.0. The molecule has 0 fully saturated rings. The van der Waals surface area contributed by atoms with Crippen LogP contribution in [0.15, 0.2) is 83.3 Å². The van der Waals surface area contributed by atoms with Crippen LogP contribution < -0.4 is 10.1 Å². The maximum absolute atomic E-state index is 14.5. The van der Waals surface area contributed by atoms with Crippen LogP contribution in [0.4, 0.5) is 4.39 Å². The SMILES string of the molecule is CCNC(=O)[C@@H](Cc1ccccc1)N(Cc1ccccc1F)C(=O)COc1ccc(Br)cc1. The molecular weight excluding hydrogens is 487 g/mol. The normalized spacial score (nSPS) is 11.5. The van der Waals surface area contributed by atoms with Gasteiger partial charge in [0.1, 0.15) is 17.6 Å². The highest BCUT2D eigenvalue weighted by Gasteiger charge is 2.31. The average molecular weight is 513 g/mol. The van der Waals surface area contributed by atoms with Crippen molar-refractivity contribution in [2.24, 2.45) is 0 Å². The predicted octanol–water partition coefficient (Wildman–Crippen LogP) is 4.74. The number of rotatable bonds is 10. The van der Waals surface area contributed by atoms with Crippen molar-refractivity contribution < 1.29 is 18.7 Å². The number of hydrogen-bond acceptors (Lipinski definition) is 3. The third kappa shape index (κ3) is 7.15. The Morgan fingerprint density at radius 2 is 1.67 bits per heavy atom. The second-order valence-electron chi connectivity index (χ2n) is 7.46. The summed E-state index contributed by atoms with van der Waals surface area (Å²) in [7, 11) is 0. The molecule has 0 aliphatic rings. The summed E-state index contributed by atoms with van der Waals surface area (Å²) in [5.41, 5.74) is 1.23. The zero-order chi connectivity index (χ0) is 23.6. The van der Waals surface area contributed by atoms with Crippen LogP contribution in [0, 0.1) is 5.82 Å². The Hall–Kier alpha value is -3.19. The average Bonchev–Trinajstić information content (AvgIpc) is 2.82. The Morgan fingerprint density at radius 1 is 1.00 bits per heavy atom. The number of ether oxygens (including phenoxy) is 1. The maximum Gasteiger partial charge on any atom is 0.261 e. The number of carbonyl (C=O) groups excluding carboxylic acids is 2. The van der Waals surface area contributed by atoms with Gasteiger partial charge in [-0.2, -0.15) is 0 Å². The van der Waals surface area contributed by atoms with E-state index in [9.17, 15) is 14.0 Å². The largest absolute Gasteiger partial charge is 0.484 e. The molecule has 0 unspecified atom stereocenters. The van der Waals surface area contributed by atoms with Crippen molar-refractivity contribution >= 4 is 27.7 Å². The van der Waals surface area contributed by atoms with Crippen molar-refractivity contribution in [1.29, 1.82) is 0 Å². The van der Waals surface area contributed by atoms with Gasteiger partial charge in [0.05, 0.1) is 0 Å². The fraction of sp³-hybridized carbons (Fsp3) is 0.231. The lowest BCUT2D eigenvalue weighted by molar-refractivity contribution is -0.142.